The number of carboxylic acids is 1. The van der Waals surface area contributed by atoms with E-state index in [1.54, 1.807) is 0 Å². The number of quaternary nitrogens is 1. The Hall–Kier alpha value is -5.09. The molecule has 0 aromatic rings. The lowest BCUT2D eigenvalue weighted by molar-refractivity contribution is -0.870. The van der Waals surface area contributed by atoms with Gasteiger partial charge in [0.2, 0.25) is 0 Å². The predicted molar refractivity (Wildman–Crippen MR) is 379 cm³/mol. The second kappa shape index (κ2) is 68.8. The summed E-state index contributed by atoms with van der Waals surface area (Å²) in [4.78, 5) is 37.5. The van der Waals surface area contributed by atoms with Gasteiger partial charge in [0.1, 0.15) is 13.2 Å². The molecule has 0 bridgehead atoms. The molecule has 0 heterocycles. The van der Waals surface area contributed by atoms with Gasteiger partial charge in [0, 0.05) is 12.8 Å². The Morgan fingerprint density at radius 2 is 0.607 bits per heavy atom. The van der Waals surface area contributed by atoms with Crippen LogP contribution in [0.1, 0.15) is 271 Å². The standard InChI is InChI=1S/C80H131NO8/c1-6-8-10-12-14-16-18-20-22-24-26-28-30-31-32-33-34-35-36-37-38-39-40-41-42-43-44-45-46-47-49-51-53-55-57-59-61-63-65-67-69-71-78(83)89-76(75-88-80(79(84)85)86-73-72-81(3,4)5)74-87-77(82)70-68-66-64-62-60-58-56-54-52-50-48-29-27-25-23-21-19-17-15-13-11-9-7-2/h8-11,14-17,20-23,26-29,31-32,34-35,37-38,50,52,56,58,76,80H,6-7,12-13,18-19,24-25,30,33,36,39-49,51,53-55,57,59-75H2,1-5H3/b10-8-,11-9-,16-14-,17-15-,22-20-,23-21-,28-26-,29-27-,32-31-,35-34-,38-37-,52-50-,58-56-. The van der Waals surface area contributed by atoms with E-state index in [0.29, 0.717) is 23.9 Å². The number of allylic oxidation sites excluding steroid dienone is 26. The van der Waals surface area contributed by atoms with Gasteiger partial charge in [0.15, 0.2) is 12.4 Å². The molecule has 2 atom stereocenters. The largest absolute Gasteiger partial charge is 0.545 e. The molecule has 0 aliphatic rings. The Balaban J connectivity index is 4.10. The maximum absolute atomic E-state index is 12.9. The van der Waals surface area contributed by atoms with Crippen LogP contribution in [0.5, 0.6) is 0 Å². The van der Waals surface area contributed by atoms with Crippen LogP contribution in [0.4, 0.5) is 0 Å². The maximum Gasteiger partial charge on any atom is 0.306 e. The Kier molecular flexibility index (Phi) is 64.9. The van der Waals surface area contributed by atoms with E-state index in [0.717, 1.165) is 128 Å². The fourth-order valence-electron chi connectivity index (χ4n) is 9.40. The number of carbonyl (C=O) groups is 3. The average molecular weight is 1230 g/mol. The van der Waals surface area contributed by atoms with Crippen molar-refractivity contribution in [2.45, 2.75) is 283 Å². The molecule has 0 saturated heterocycles. The first-order valence-corrected chi connectivity index (χ1v) is 35.6. The topological polar surface area (TPSA) is 111 Å². The summed E-state index contributed by atoms with van der Waals surface area (Å²) in [5, 5.41) is 11.8. The second-order valence-electron chi connectivity index (χ2n) is 24.4. The molecule has 0 rings (SSSR count). The molecular formula is C80H131NO8. The highest BCUT2D eigenvalue weighted by molar-refractivity contribution is 5.70. The van der Waals surface area contributed by atoms with Crippen molar-refractivity contribution < 1.29 is 42.9 Å². The Morgan fingerprint density at radius 1 is 0.337 bits per heavy atom. The highest BCUT2D eigenvalue weighted by Crippen LogP contribution is 2.17. The number of unbranched alkanes of at least 4 members (excludes halogenated alkanes) is 23. The van der Waals surface area contributed by atoms with Gasteiger partial charge in [-0.3, -0.25) is 9.59 Å². The van der Waals surface area contributed by atoms with Crippen molar-refractivity contribution in [1.29, 1.82) is 0 Å². The average Bonchev–Trinajstić information content (AvgIpc) is 3.64. The smallest absolute Gasteiger partial charge is 0.306 e. The lowest BCUT2D eigenvalue weighted by Crippen LogP contribution is -2.44. The van der Waals surface area contributed by atoms with E-state index < -0.39 is 24.3 Å². The van der Waals surface area contributed by atoms with Gasteiger partial charge in [-0.05, 0) is 122 Å². The van der Waals surface area contributed by atoms with E-state index in [-0.39, 0.29) is 38.6 Å². The van der Waals surface area contributed by atoms with Crippen LogP contribution in [0.25, 0.3) is 0 Å². The molecule has 89 heavy (non-hydrogen) atoms. The zero-order chi connectivity index (χ0) is 64.7. The molecule has 0 N–H and O–H groups in total. The number of hydrogen-bond acceptors (Lipinski definition) is 8. The molecule has 2 unspecified atom stereocenters. The number of ether oxygens (including phenoxy) is 4. The SMILES string of the molecule is CC/C=C\C/C=C\C/C=C\C/C=C\C/C=C\C/C=C\C/C=C\CCCCCCCCCCCCCCCCCCCCCC(=O)OC(COC(=O)CCCCCC/C=C\C/C=C\C/C=C\C/C=C\C/C=C\C/C=C\CC)COC(OCC[N+](C)(C)C)C(=O)[O-]. The minimum Gasteiger partial charge on any atom is -0.545 e. The zero-order valence-corrected chi connectivity index (χ0v) is 57.5. The number of esters is 2. The molecule has 0 aromatic carbocycles. The molecule has 0 saturated carbocycles. The third kappa shape index (κ3) is 70.2. The van der Waals surface area contributed by atoms with E-state index in [1.807, 2.05) is 21.1 Å². The third-order valence-corrected chi connectivity index (χ3v) is 14.8. The molecule has 0 amide bonds. The number of likely N-dealkylation sites (N-methyl/N-ethyl adjacent to an activating group) is 1. The number of nitrogens with zero attached hydrogens (tertiary/aromatic N) is 1. The van der Waals surface area contributed by atoms with Crippen LogP contribution in [-0.2, 0) is 33.3 Å². The maximum atomic E-state index is 12.9. The molecule has 0 aliphatic carbocycles. The van der Waals surface area contributed by atoms with Crippen LogP contribution in [0.2, 0.25) is 0 Å². The molecule has 0 radical (unpaired) electrons. The number of carbonyl (C=O) groups excluding carboxylic acids is 3. The molecule has 504 valence electrons. The first-order valence-electron chi connectivity index (χ1n) is 35.6. The van der Waals surface area contributed by atoms with E-state index in [2.05, 4.69) is 172 Å². The minimum absolute atomic E-state index is 0.137. The summed E-state index contributed by atoms with van der Waals surface area (Å²) in [6.07, 6.45) is 99.0. The van der Waals surface area contributed by atoms with E-state index in [4.69, 9.17) is 18.9 Å². The quantitative estimate of drug-likeness (QED) is 0.0195. The van der Waals surface area contributed by atoms with E-state index in [9.17, 15) is 19.5 Å². The zero-order valence-electron chi connectivity index (χ0n) is 57.5. The minimum atomic E-state index is -1.64. The van der Waals surface area contributed by atoms with Crippen molar-refractivity contribution in [3.63, 3.8) is 0 Å². The molecule has 0 aromatic heterocycles. The van der Waals surface area contributed by atoms with Crippen LogP contribution in [0, 0.1) is 0 Å². The van der Waals surface area contributed by atoms with Gasteiger partial charge in [0.25, 0.3) is 0 Å². The Bertz CT molecular complexity index is 2020. The third-order valence-electron chi connectivity index (χ3n) is 14.8. The van der Waals surface area contributed by atoms with Gasteiger partial charge in [-0.1, -0.05) is 294 Å². The summed E-state index contributed by atoms with van der Waals surface area (Å²) in [7, 11) is 5.92. The molecule has 0 aliphatic heterocycles. The van der Waals surface area contributed by atoms with Crippen LogP contribution in [0.15, 0.2) is 158 Å². The summed E-state index contributed by atoms with van der Waals surface area (Å²) in [5.74, 6) is -2.32. The number of aliphatic carboxylic acids is 1. The van der Waals surface area contributed by atoms with Crippen LogP contribution >= 0.6 is 0 Å². The number of rotatable bonds is 64. The summed E-state index contributed by atoms with van der Waals surface area (Å²) in [6.45, 7) is 4.49. The van der Waals surface area contributed by atoms with Crippen LogP contribution < -0.4 is 5.11 Å². The van der Waals surface area contributed by atoms with Crippen molar-refractivity contribution in [2.24, 2.45) is 0 Å². The Labute approximate surface area is 546 Å². The summed E-state index contributed by atoms with van der Waals surface area (Å²) in [5.41, 5.74) is 0. The monoisotopic (exact) mass is 1230 g/mol. The fourth-order valence-corrected chi connectivity index (χ4v) is 9.40. The summed E-state index contributed by atoms with van der Waals surface area (Å²) in [6, 6.07) is 0. The molecule has 0 fully saturated rings. The van der Waals surface area contributed by atoms with Gasteiger partial charge < -0.3 is 33.3 Å². The predicted octanol–water partition coefficient (Wildman–Crippen LogP) is 21.1. The molecular weight excluding hydrogens is 1100 g/mol. The first-order chi connectivity index (χ1) is 43.6. The van der Waals surface area contributed by atoms with Crippen LogP contribution in [0.3, 0.4) is 0 Å². The van der Waals surface area contributed by atoms with Gasteiger partial charge in [-0.2, -0.15) is 0 Å². The lowest BCUT2D eigenvalue weighted by Gasteiger charge is -2.26. The van der Waals surface area contributed by atoms with Gasteiger partial charge in [-0.25, -0.2) is 0 Å². The van der Waals surface area contributed by atoms with Gasteiger partial charge in [-0.15, -0.1) is 0 Å². The summed E-state index contributed by atoms with van der Waals surface area (Å²) >= 11 is 0. The van der Waals surface area contributed by atoms with Crippen LogP contribution in [-0.4, -0.2) is 82.3 Å². The van der Waals surface area contributed by atoms with Crippen molar-refractivity contribution in [3.05, 3.63) is 158 Å². The number of hydrogen-bond donors (Lipinski definition) is 0. The fraction of sp³-hybridized carbons (Fsp3) is 0.637. The lowest BCUT2D eigenvalue weighted by atomic mass is 10.0. The highest BCUT2D eigenvalue weighted by Gasteiger charge is 2.22. The van der Waals surface area contributed by atoms with Crippen molar-refractivity contribution >= 4 is 17.9 Å². The van der Waals surface area contributed by atoms with Gasteiger partial charge in [0.05, 0.1) is 40.3 Å². The van der Waals surface area contributed by atoms with E-state index in [1.165, 1.54) is 103 Å². The first kappa shape index (κ1) is 83.9. The number of carboxylic acid groups (broad SMARTS) is 1. The Morgan fingerprint density at radius 3 is 0.899 bits per heavy atom. The molecule has 9 nitrogen and oxygen atoms in total. The van der Waals surface area contributed by atoms with Crippen molar-refractivity contribution in [3.8, 4) is 0 Å². The van der Waals surface area contributed by atoms with Gasteiger partial charge >= 0.3 is 11.9 Å². The van der Waals surface area contributed by atoms with Crippen molar-refractivity contribution in [2.75, 3.05) is 47.5 Å². The van der Waals surface area contributed by atoms with Crippen molar-refractivity contribution in [1.82, 2.24) is 0 Å². The summed E-state index contributed by atoms with van der Waals surface area (Å²) < 4.78 is 22.8. The molecule has 0 spiro atoms. The second-order valence-corrected chi connectivity index (χ2v) is 24.4. The normalized spacial score (nSPS) is 13.7. The highest BCUT2D eigenvalue weighted by atomic mass is 16.7. The van der Waals surface area contributed by atoms with E-state index >= 15 is 0 Å². The molecule has 9 heteroatoms.